The van der Waals surface area contributed by atoms with Gasteiger partial charge >= 0.3 is 5.97 Å². The van der Waals surface area contributed by atoms with Gasteiger partial charge in [0.15, 0.2) is 11.6 Å². The van der Waals surface area contributed by atoms with Crippen LogP contribution in [-0.4, -0.2) is 85.2 Å². The maximum atomic E-state index is 12.9. The van der Waals surface area contributed by atoms with Gasteiger partial charge in [0, 0.05) is 38.6 Å². The van der Waals surface area contributed by atoms with E-state index < -0.39 is 42.8 Å². The van der Waals surface area contributed by atoms with Crippen molar-refractivity contribution in [3.8, 4) is 12.3 Å². The number of carboxylic acids is 1. The molecule has 0 radical (unpaired) electrons. The number of aliphatic carboxylic acids is 1. The Hall–Kier alpha value is -5.35. The van der Waals surface area contributed by atoms with Crippen LogP contribution in [0.4, 0.5) is 0 Å². The topological polar surface area (TPSA) is 197 Å². The van der Waals surface area contributed by atoms with Gasteiger partial charge in [0.05, 0.1) is 13.1 Å². The number of ether oxygens (including phenoxy) is 1. The van der Waals surface area contributed by atoms with Crippen molar-refractivity contribution in [3.63, 3.8) is 0 Å². The van der Waals surface area contributed by atoms with Gasteiger partial charge in [-0.1, -0.05) is 92.7 Å². The molecule has 0 aliphatic rings. The summed E-state index contributed by atoms with van der Waals surface area (Å²) < 4.78 is 4.62. The number of Topliss-reactive ketones (excluding diaryl/α,β-unsaturated/α-hetero) is 2. The van der Waals surface area contributed by atoms with Gasteiger partial charge < -0.3 is 31.1 Å². The van der Waals surface area contributed by atoms with Gasteiger partial charge in [0.1, 0.15) is 19.3 Å². The second-order valence-corrected chi connectivity index (χ2v) is 13.3. The number of ketones is 2. The predicted molar refractivity (Wildman–Crippen MR) is 227 cm³/mol. The molecule has 58 heavy (non-hydrogen) atoms. The number of nitrogens with one attached hydrogen (secondary N) is 4. The average Bonchev–Trinajstić information content (AvgIpc) is 3.20. The monoisotopic (exact) mass is 806 g/mol. The van der Waals surface area contributed by atoms with Crippen molar-refractivity contribution in [2.75, 3.05) is 32.8 Å². The maximum absolute atomic E-state index is 12.9. The molecule has 0 aromatic heterocycles. The minimum absolute atomic E-state index is 0.145. The zero-order chi connectivity index (χ0) is 42.9. The number of allylic oxidation sites excluding steroid dienone is 12. The summed E-state index contributed by atoms with van der Waals surface area (Å²) in [5.74, 6) is -0.909. The molecule has 1 atom stereocenters. The number of amides is 4. The van der Waals surface area contributed by atoms with Gasteiger partial charge in [0.2, 0.25) is 23.6 Å². The standard InChI is InChI=1S/C45H66N4O9/c1-3-5-7-8-9-10-11-12-13-14-15-16-17-18-19-20-21-22-26-30-42(53)49-40(45(57)46-33-27-6-4-2)29-25-23-24-28-38(50)34-47-41(52)32-31-39(51)35-48-43(54)36-58-37-44(55)56/h2,5,7,9-10,12-13,15-16,18-19,21-22,40H,3,6,8,11,14,17,20,23-37H2,1H3,(H,46,57)(H,47,52)(H,48,54)(H,49,53)(H,55,56)/b7-5-,10-9-,13-12-,16-15-,19-18-,22-21-/t40-/m0/s1. The van der Waals surface area contributed by atoms with Gasteiger partial charge in [-0.05, 0) is 64.2 Å². The van der Waals surface area contributed by atoms with E-state index in [0.29, 0.717) is 51.5 Å². The molecule has 0 fully saturated rings. The van der Waals surface area contributed by atoms with Crippen LogP contribution in [0.2, 0.25) is 0 Å². The summed E-state index contributed by atoms with van der Waals surface area (Å²) >= 11 is 0. The number of unbranched alkanes of at least 4 members (excludes halogenated alkanes) is 3. The Morgan fingerprint density at radius 2 is 1.16 bits per heavy atom. The second kappa shape index (κ2) is 38.5. The van der Waals surface area contributed by atoms with Gasteiger partial charge in [-0.15, -0.1) is 12.3 Å². The van der Waals surface area contributed by atoms with Gasteiger partial charge in [-0.3, -0.25) is 28.8 Å². The molecular formula is C45H66N4O9. The zero-order valence-electron chi connectivity index (χ0n) is 34.4. The molecule has 0 saturated carbocycles. The number of rotatable bonds is 36. The first-order valence-corrected chi connectivity index (χ1v) is 20.4. The van der Waals surface area contributed by atoms with Crippen molar-refractivity contribution in [2.24, 2.45) is 0 Å². The van der Waals surface area contributed by atoms with Gasteiger partial charge in [-0.25, -0.2) is 4.79 Å². The Morgan fingerprint density at radius 3 is 1.72 bits per heavy atom. The molecule has 0 aliphatic heterocycles. The van der Waals surface area contributed by atoms with Crippen LogP contribution in [0.25, 0.3) is 0 Å². The second-order valence-electron chi connectivity index (χ2n) is 13.3. The normalized spacial score (nSPS) is 12.1. The van der Waals surface area contributed by atoms with Crippen molar-refractivity contribution in [1.82, 2.24) is 21.3 Å². The van der Waals surface area contributed by atoms with Crippen molar-refractivity contribution in [1.29, 1.82) is 0 Å². The van der Waals surface area contributed by atoms with Crippen LogP contribution < -0.4 is 21.3 Å². The van der Waals surface area contributed by atoms with Crippen molar-refractivity contribution in [3.05, 3.63) is 72.9 Å². The fraction of sp³-hybridized carbons (Fsp3) is 0.533. The zero-order valence-corrected chi connectivity index (χ0v) is 34.4. The third kappa shape index (κ3) is 36.3. The first-order valence-electron chi connectivity index (χ1n) is 20.4. The lowest BCUT2D eigenvalue weighted by Gasteiger charge is -2.18. The van der Waals surface area contributed by atoms with Crippen molar-refractivity contribution in [2.45, 2.75) is 122 Å². The molecule has 0 aromatic carbocycles. The molecule has 0 saturated heterocycles. The van der Waals surface area contributed by atoms with Gasteiger partial charge in [0.25, 0.3) is 0 Å². The summed E-state index contributed by atoms with van der Waals surface area (Å²) in [7, 11) is 0. The Morgan fingerprint density at radius 1 is 0.603 bits per heavy atom. The average molecular weight is 807 g/mol. The number of hydrogen-bond donors (Lipinski definition) is 5. The highest BCUT2D eigenvalue weighted by atomic mass is 16.5. The maximum Gasteiger partial charge on any atom is 0.329 e. The molecule has 0 bridgehead atoms. The number of carbonyl (C=O) groups is 7. The van der Waals surface area contributed by atoms with Crippen molar-refractivity contribution >= 4 is 41.2 Å². The van der Waals surface area contributed by atoms with E-state index in [1.165, 1.54) is 0 Å². The summed E-state index contributed by atoms with van der Waals surface area (Å²) in [4.78, 5) is 83.7. The number of carbonyl (C=O) groups excluding carboxylic acids is 6. The minimum atomic E-state index is -1.22. The highest BCUT2D eigenvalue weighted by Gasteiger charge is 2.20. The van der Waals surface area contributed by atoms with E-state index in [1.54, 1.807) is 0 Å². The molecule has 5 N–H and O–H groups in total. The lowest BCUT2D eigenvalue weighted by atomic mass is 10.0. The van der Waals surface area contributed by atoms with Gasteiger partial charge in [-0.2, -0.15) is 0 Å². The van der Waals surface area contributed by atoms with Crippen LogP contribution in [-0.2, 0) is 38.3 Å². The van der Waals surface area contributed by atoms with Crippen LogP contribution in [0.3, 0.4) is 0 Å². The fourth-order valence-electron chi connectivity index (χ4n) is 4.96. The van der Waals surface area contributed by atoms with E-state index >= 15 is 0 Å². The van der Waals surface area contributed by atoms with E-state index in [2.05, 4.69) is 99.6 Å². The highest BCUT2D eigenvalue weighted by molar-refractivity contribution is 5.91. The largest absolute Gasteiger partial charge is 0.480 e. The number of hydrogen-bond acceptors (Lipinski definition) is 8. The summed E-state index contributed by atoms with van der Waals surface area (Å²) in [5, 5.41) is 18.9. The molecule has 13 heteroatoms. The lowest BCUT2D eigenvalue weighted by Crippen LogP contribution is -2.46. The molecule has 0 aliphatic carbocycles. The molecule has 0 rings (SSSR count). The third-order valence-corrected chi connectivity index (χ3v) is 8.09. The summed E-state index contributed by atoms with van der Waals surface area (Å²) in [6, 6.07) is -0.708. The molecule has 13 nitrogen and oxygen atoms in total. The fourth-order valence-corrected chi connectivity index (χ4v) is 4.96. The summed E-state index contributed by atoms with van der Waals surface area (Å²) in [6.07, 6.45) is 40.4. The SMILES string of the molecule is C#CCCCNC(=O)[C@H](CCCCCC(=O)CNC(=O)CCC(=O)CNC(=O)COCC(=O)O)NC(=O)CC/C=C\C/C=C\C/C=C\C/C=C\C/C=C\C/C=C\CC. The Kier molecular flexibility index (Phi) is 35.0. The number of terminal acetylenes is 1. The summed E-state index contributed by atoms with van der Waals surface area (Å²) in [6.45, 7) is 0.885. The van der Waals surface area contributed by atoms with E-state index in [0.717, 1.165) is 38.5 Å². The molecule has 4 amide bonds. The predicted octanol–water partition coefficient (Wildman–Crippen LogP) is 5.68. The van der Waals surface area contributed by atoms with E-state index in [9.17, 15) is 33.6 Å². The smallest absolute Gasteiger partial charge is 0.329 e. The molecule has 0 heterocycles. The van der Waals surface area contributed by atoms with Crippen LogP contribution in [0.1, 0.15) is 116 Å². The molecule has 0 aromatic rings. The van der Waals surface area contributed by atoms with Crippen molar-refractivity contribution < 1.29 is 43.4 Å². The van der Waals surface area contributed by atoms with Crippen LogP contribution >= 0.6 is 0 Å². The Labute approximate surface area is 345 Å². The summed E-state index contributed by atoms with van der Waals surface area (Å²) in [5.41, 5.74) is 0. The van der Waals surface area contributed by atoms with Crippen LogP contribution in [0, 0.1) is 12.3 Å². The molecular weight excluding hydrogens is 741 g/mol. The first-order chi connectivity index (χ1) is 28.1. The quantitative estimate of drug-likeness (QED) is 0.0301. The molecule has 0 spiro atoms. The Balaban J connectivity index is 4.38. The van der Waals surface area contributed by atoms with Crippen LogP contribution in [0.5, 0.6) is 0 Å². The number of carboxylic acid groups (broad SMARTS) is 1. The first kappa shape index (κ1) is 52.6. The minimum Gasteiger partial charge on any atom is -0.480 e. The third-order valence-electron chi connectivity index (χ3n) is 8.09. The van der Waals surface area contributed by atoms with E-state index in [1.807, 2.05) is 12.2 Å². The molecule has 0 unspecified atom stereocenters. The molecule has 320 valence electrons. The van der Waals surface area contributed by atoms with E-state index in [-0.39, 0.29) is 56.4 Å². The Bertz CT molecular complexity index is 1450. The van der Waals surface area contributed by atoms with E-state index in [4.69, 9.17) is 11.5 Å². The highest BCUT2D eigenvalue weighted by Crippen LogP contribution is 2.08. The lowest BCUT2D eigenvalue weighted by molar-refractivity contribution is -0.144. The van der Waals surface area contributed by atoms with Crippen LogP contribution in [0.15, 0.2) is 72.9 Å².